The molecule has 0 saturated carbocycles. The highest BCUT2D eigenvalue weighted by molar-refractivity contribution is 9.08. The van der Waals surface area contributed by atoms with Crippen molar-refractivity contribution in [1.82, 2.24) is 0 Å². The van der Waals surface area contributed by atoms with Gasteiger partial charge in [0.25, 0.3) is 0 Å². The molecule has 0 fully saturated rings. The van der Waals surface area contributed by atoms with Gasteiger partial charge in [-0.2, -0.15) is 13.2 Å². The van der Waals surface area contributed by atoms with Crippen LogP contribution in [0.25, 0.3) is 0 Å². The number of benzene rings is 1. The van der Waals surface area contributed by atoms with Gasteiger partial charge in [-0.25, -0.2) is 0 Å². The molecule has 0 saturated heterocycles. The molecule has 0 aromatic heterocycles. The molecule has 5 heteroatoms. The van der Waals surface area contributed by atoms with Gasteiger partial charge in [0.05, 0.1) is 5.56 Å². The first kappa shape index (κ1) is 14.4. The average molecular weight is 310 g/mol. The minimum Gasteiger partial charge on any atom is -0.372 e. The van der Waals surface area contributed by atoms with Crippen molar-refractivity contribution in [2.24, 2.45) is 0 Å². The van der Waals surface area contributed by atoms with Crippen LogP contribution in [0.3, 0.4) is 0 Å². The molecule has 0 radical (unpaired) electrons. The molecule has 96 valence electrons. The first-order valence-electron chi connectivity index (χ1n) is 5.45. The fraction of sp³-hybridized carbons (Fsp3) is 0.500. The van der Waals surface area contributed by atoms with Gasteiger partial charge >= 0.3 is 6.18 Å². The fourth-order valence-electron chi connectivity index (χ4n) is 1.73. The third kappa shape index (κ3) is 3.37. The Kier molecular flexibility index (Phi) is 4.86. The Labute approximate surface area is 108 Å². The summed E-state index contributed by atoms with van der Waals surface area (Å²) in [7, 11) is 0. The molecule has 0 unspecified atom stereocenters. The Bertz CT molecular complexity index is 373. The van der Waals surface area contributed by atoms with Crippen LogP contribution in [0, 0.1) is 0 Å². The molecule has 0 amide bonds. The number of nitrogens with zero attached hydrogens (tertiary/aromatic N) is 1. The van der Waals surface area contributed by atoms with Crippen LogP contribution in [-0.2, 0) is 11.5 Å². The normalized spacial score (nSPS) is 11.6. The molecule has 0 N–H and O–H groups in total. The Morgan fingerprint density at radius 1 is 1.18 bits per heavy atom. The van der Waals surface area contributed by atoms with Crippen molar-refractivity contribution in [3.05, 3.63) is 29.3 Å². The Morgan fingerprint density at radius 2 is 1.76 bits per heavy atom. The highest BCUT2D eigenvalue weighted by Crippen LogP contribution is 2.35. The van der Waals surface area contributed by atoms with E-state index in [0.29, 0.717) is 18.8 Å². The lowest BCUT2D eigenvalue weighted by Gasteiger charge is -2.23. The Hall–Kier alpha value is -0.710. The third-order valence-electron chi connectivity index (χ3n) is 2.67. The van der Waals surface area contributed by atoms with Crippen LogP contribution >= 0.6 is 15.9 Å². The summed E-state index contributed by atoms with van der Waals surface area (Å²) in [5.74, 6) is 0. The van der Waals surface area contributed by atoms with E-state index in [1.54, 1.807) is 6.07 Å². The molecule has 1 aromatic carbocycles. The monoisotopic (exact) mass is 309 g/mol. The molecule has 1 aromatic rings. The van der Waals surface area contributed by atoms with E-state index in [1.165, 1.54) is 12.1 Å². The molecule has 0 atom stereocenters. The molecule has 0 aliphatic rings. The van der Waals surface area contributed by atoms with E-state index >= 15 is 0 Å². The summed E-state index contributed by atoms with van der Waals surface area (Å²) in [5, 5.41) is 0.209. The van der Waals surface area contributed by atoms with Crippen LogP contribution in [-0.4, -0.2) is 13.1 Å². The van der Waals surface area contributed by atoms with Crippen LogP contribution in [0.4, 0.5) is 18.9 Å². The predicted octanol–water partition coefficient (Wildman–Crippen LogP) is 4.45. The molecule has 0 aliphatic heterocycles. The second kappa shape index (κ2) is 5.76. The average Bonchev–Trinajstić information content (AvgIpc) is 2.29. The number of hydrogen-bond acceptors (Lipinski definition) is 1. The molecule has 0 bridgehead atoms. The summed E-state index contributed by atoms with van der Waals surface area (Å²) in [6, 6.07) is 4.49. The summed E-state index contributed by atoms with van der Waals surface area (Å²) in [6.07, 6.45) is -4.30. The number of halogens is 4. The minimum atomic E-state index is -4.30. The van der Waals surface area contributed by atoms with Crippen LogP contribution in [0.2, 0.25) is 0 Å². The molecule has 1 rings (SSSR count). The van der Waals surface area contributed by atoms with E-state index in [9.17, 15) is 13.2 Å². The van der Waals surface area contributed by atoms with Crippen LogP contribution in [0.1, 0.15) is 25.0 Å². The van der Waals surface area contributed by atoms with Gasteiger partial charge < -0.3 is 4.90 Å². The highest BCUT2D eigenvalue weighted by Gasteiger charge is 2.33. The SMILES string of the molecule is CCN(CC)c1ccc(CBr)c(C(F)(F)F)c1. The number of anilines is 1. The number of rotatable bonds is 4. The van der Waals surface area contributed by atoms with Gasteiger partial charge in [0, 0.05) is 24.1 Å². The lowest BCUT2D eigenvalue weighted by atomic mass is 10.1. The maximum Gasteiger partial charge on any atom is 0.416 e. The van der Waals surface area contributed by atoms with Gasteiger partial charge in [0.2, 0.25) is 0 Å². The molecular weight excluding hydrogens is 295 g/mol. The van der Waals surface area contributed by atoms with E-state index in [0.717, 1.165) is 0 Å². The summed E-state index contributed by atoms with van der Waals surface area (Å²) in [4.78, 5) is 1.90. The van der Waals surface area contributed by atoms with Crippen molar-refractivity contribution in [3.63, 3.8) is 0 Å². The van der Waals surface area contributed by atoms with Gasteiger partial charge in [0.1, 0.15) is 0 Å². The van der Waals surface area contributed by atoms with Crippen molar-refractivity contribution in [2.75, 3.05) is 18.0 Å². The van der Waals surface area contributed by atoms with Crippen molar-refractivity contribution in [2.45, 2.75) is 25.4 Å². The number of hydrogen-bond donors (Lipinski definition) is 0. The van der Waals surface area contributed by atoms with Crippen molar-refractivity contribution in [1.29, 1.82) is 0 Å². The molecule has 0 heterocycles. The van der Waals surface area contributed by atoms with Crippen LogP contribution in [0.15, 0.2) is 18.2 Å². The standard InChI is InChI=1S/C12H15BrF3N/c1-3-17(4-2)10-6-5-9(8-13)11(7-10)12(14,15)16/h5-7H,3-4,8H2,1-2H3. The molecular formula is C12H15BrF3N. The fourth-order valence-corrected chi connectivity index (χ4v) is 2.22. The largest absolute Gasteiger partial charge is 0.416 e. The topological polar surface area (TPSA) is 3.24 Å². The van der Waals surface area contributed by atoms with Crippen molar-refractivity contribution < 1.29 is 13.2 Å². The molecule has 0 spiro atoms. The third-order valence-corrected chi connectivity index (χ3v) is 3.28. The van der Waals surface area contributed by atoms with Gasteiger partial charge in [-0.15, -0.1) is 0 Å². The Morgan fingerprint density at radius 3 is 2.18 bits per heavy atom. The van der Waals surface area contributed by atoms with Gasteiger partial charge in [-0.05, 0) is 31.5 Å². The second-order valence-electron chi connectivity index (χ2n) is 3.65. The van der Waals surface area contributed by atoms with Crippen LogP contribution in [0.5, 0.6) is 0 Å². The van der Waals surface area contributed by atoms with E-state index in [1.807, 2.05) is 18.7 Å². The van der Waals surface area contributed by atoms with Gasteiger partial charge in [0.15, 0.2) is 0 Å². The summed E-state index contributed by atoms with van der Waals surface area (Å²) in [5.41, 5.74) is 0.333. The van der Waals surface area contributed by atoms with Gasteiger partial charge in [-0.3, -0.25) is 0 Å². The minimum absolute atomic E-state index is 0.209. The van der Waals surface area contributed by atoms with E-state index in [-0.39, 0.29) is 10.9 Å². The van der Waals surface area contributed by atoms with Crippen molar-refractivity contribution in [3.8, 4) is 0 Å². The zero-order chi connectivity index (χ0) is 13.1. The van der Waals surface area contributed by atoms with Crippen molar-refractivity contribution >= 4 is 21.6 Å². The lowest BCUT2D eigenvalue weighted by molar-refractivity contribution is -0.138. The summed E-state index contributed by atoms with van der Waals surface area (Å²) < 4.78 is 38.5. The first-order chi connectivity index (χ1) is 7.93. The maximum atomic E-state index is 12.8. The highest BCUT2D eigenvalue weighted by atomic mass is 79.9. The van der Waals surface area contributed by atoms with Crippen LogP contribution < -0.4 is 4.90 Å². The predicted molar refractivity (Wildman–Crippen MR) is 67.6 cm³/mol. The second-order valence-corrected chi connectivity index (χ2v) is 4.21. The van der Waals surface area contributed by atoms with E-state index in [2.05, 4.69) is 15.9 Å². The summed E-state index contributed by atoms with van der Waals surface area (Å²) in [6.45, 7) is 5.24. The lowest BCUT2D eigenvalue weighted by Crippen LogP contribution is -2.22. The zero-order valence-corrected chi connectivity index (χ0v) is 11.4. The van der Waals surface area contributed by atoms with E-state index in [4.69, 9.17) is 0 Å². The molecule has 0 aliphatic carbocycles. The quantitative estimate of drug-likeness (QED) is 0.743. The van der Waals surface area contributed by atoms with E-state index < -0.39 is 11.7 Å². The maximum absolute atomic E-state index is 12.8. The smallest absolute Gasteiger partial charge is 0.372 e. The molecule has 1 nitrogen and oxygen atoms in total. The Balaban J connectivity index is 3.22. The molecule has 17 heavy (non-hydrogen) atoms. The first-order valence-corrected chi connectivity index (χ1v) is 6.57. The zero-order valence-electron chi connectivity index (χ0n) is 9.81. The summed E-state index contributed by atoms with van der Waals surface area (Å²) >= 11 is 3.08. The number of alkyl halides is 4. The van der Waals surface area contributed by atoms with Gasteiger partial charge in [-0.1, -0.05) is 22.0 Å².